The topological polar surface area (TPSA) is 49.8 Å². The first-order valence-electron chi connectivity index (χ1n) is 5.42. The highest BCUT2D eigenvalue weighted by Gasteiger charge is 2.31. The maximum atomic E-state index is 11.5. The van der Waals surface area contributed by atoms with Crippen LogP contribution in [0.1, 0.15) is 33.6 Å². The smallest absolute Gasteiger partial charge is 0.410 e. The van der Waals surface area contributed by atoms with Gasteiger partial charge in [0.25, 0.3) is 0 Å². The average molecular weight is 215 g/mol. The fraction of sp³-hybridized carbons (Fsp3) is 0.909. The highest BCUT2D eigenvalue weighted by Crippen LogP contribution is 2.32. The Morgan fingerprint density at radius 2 is 2.07 bits per heavy atom. The first-order valence-corrected chi connectivity index (χ1v) is 5.42. The van der Waals surface area contributed by atoms with Crippen molar-refractivity contribution in [2.24, 2.45) is 5.92 Å². The standard InChI is InChI=1S/C11H21NO3/c1-11(2,3)15-10(14)12(4)7-9(13)8-5-6-8/h8-9,13H,5-7H2,1-4H3. The number of hydrogen-bond acceptors (Lipinski definition) is 3. The minimum absolute atomic E-state index is 0.361. The number of amides is 1. The molecule has 0 aliphatic heterocycles. The van der Waals surface area contributed by atoms with Crippen LogP contribution in [0.2, 0.25) is 0 Å². The van der Waals surface area contributed by atoms with Gasteiger partial charge < -0.3 is 14.7 Å². The largest absolute Gasteiger partial charge is 0.444 e. The number of hydrogen-bond donors (Lipinski definition) is 1. The molecule has 0 aromatic rings. The molecule has 0 aromatic carbocycles. The third-order valence-electron chi connectivity index (χ3n) is 2.33. The molecule has 0 saturated heterocycles. The Labute approximate surface area is 91.2 Å². The SMILES string of the molecule is CN(CC(O)C1CC1)C(=O)OC(C)(C)C. The summed E-state index contributed by atoms with van der Waals surface area (Å²) in [5.41, 5.74) is -0.476. The van der Waals surface area contributed by atoms with Crippen molar-refractivity contribution in [3.63, 3.8) is 0 Å². The zero-order chi connectivity index (χ0) is 11.6. The molecule has 1 atom stereocenters. The zero-order valence-corrected chi connectivity index (χ0v) is 9.99. The molecule has 1 rings (SSSR count). The Morgan fingerprint density at radius 3 is 2.47 bits per heavy atom. The first-order chi connectivity index (χ1) is 6.79. The summed E-state index contributed by atoms with van der Waals surface area (Å²) in [6.07, 6.45) is 1.37. The van der Waals surface area contributed by atoms with Crippen molar-refractivity contribution >= 4 is 6.09 Å². The second-order valence-corrected chi connectivity index (χ2v) is 5.27. The van der Waals surface area contributed by atoms with Gasteiger partial charge in [-0.15, -0.1) is 0 Å². The van der Waals surface area contributed by atoms with E-state index in [1.54, 1.807) is 7.05 Å². The van der Waals surface area contributed by atoms with Crippen molar-refractivity contribution in [2.75, 3.05) is 13.6 Å². The van der Waals surface area contributed by atoms with Gasteiger partial charge in [-0.1, -0.05) is 0 Å². The molecule has 0 aromatic heterocycles. The zero-order valence-electron chi connectivity index (χ0n) is 9.99. The van der Waals surface area contributed by atoms with E-state index in [0.717, 1.165) is 12.8 Å². The molecular weight excluding hydrogens is 194 g/mol. The van der Waals surface area contributed by atoms with Crippen LogP contribution in [-0.2, 0) is 4.74 Å². The van der Waals surface area contributed by atoms with Gasteiger partial charge in [0.15, 0.2) is 0 Å². The molecule has 4 nitrogen and oxygen atoms in total. The van der Waals surface area contributed by atoms with E-state index in [4.69, 9.17) is 4.74 Å². The fourth-order valence-electron chi connectivity index (χ4n) is 1.33. The van der Waals surface area contributed by atoms with Gasteiger partial charge >= 0.3 is 6.09 Å². The fourth-order valence-corrected chi connectivity index (χ4v) is 1.33. The molecule has 0 spiro atoms. The first kappa shape index (κ1) is 12.3. The lowest BCUT2D eigenvalue weighted by atomic mass is 10.2. The van der Waals surface area contributed by atoms with Crippen molar-refractivity contribution in [1.82, 2.24) is 4.90 Å². The molecule has 1 unspecified atom stereocenters. The van der Waals surface area contributed by atoms with E-state index < -0.39 is 11.7 Å². The van der Waals surface area contributed by atoms with Gasteiger partial charge in [0.1, 0.15) is 5.60 Å². The van der Waals surface area contributed by atoms with E-state index in [9.17, 15) is 9.90 Å². The Bertz CT molecular complexity index is 230. The third-order valence-corrected chi connectivity index (χ3v) is 2.33. The second-order valence-electron chi connectivity index (χ2n) is 5.27. The summed E-state index contributed by atoms with van der Waals surface area (Å²) in [6.45, 7) is 5.85. The maximum Gasteiger partial charge on any atom is 0.410 e. The minimum Gasteiger partial charge on any atom is -0.444 e. The monoisotopic (exact) mass is 215 g/mol. The van der Waals surface area contributed by atoms with Crippen LogP contribution in [-0.4, -0.2) is 41.4 Å². The van der Waals surface area contributed by atoms with E-state index in [-0.39, 0.29) is 6.09 Å². The van der Waals surface area contributed by atoms with Gasteiger partial charge in [0.05, 0.1) is 6.10 Å². The van der Waals surface area contributed by atoms with Crippen LogP contribution in [0.15, 0.2) is 0 Å². The molecule has 1 aliphatic carbocycles. The maximum absolute atomic E-state index is 11.5. The number of ether oxygens (including phenoxy) is 1. The van der Waals surface area contributed by atoms with Crippen molar-refractivity contribution in [1.29, 1.82) is 0 Å². The summed E-state index contributed by atoms with van der Waals surface area (Å²) in [5.74, 6) is 0.384. The third kappa shape index (κ3) is 4.51. The minimum atomic E-state index is -0.476. The lowest BCUT2D eigenvalue weighted by Gasteiger charge is -2.26. The molecule has 88 valence electrons. The molecule has 0 heterocycles. The summed E-state index contributed by atoms with van der Waals surface area (Å²) in [7, 11) is 1.65. The van der Waals surface area contributed by atoms with Crippen molar-refractivity contribution in [2.45, 2.75) is 45.3 Å². The quantitative estimate of drug-likeness (QED) is 0.778. The second kappa shape index (κ2) is 4.39. The van der Waals surface area contributed by atoms with Crippen molar-refractivity contribution < 1.29 is 14.6 Å². The number of aliphatic hydroxyl groups excluding tert-OH is 1. The molecule has 0 bridgehead atoms. The number of carbonyl (C=O) groups is 1. The average Bonchev–Trinajstić information content (AvgIpc) is 2.82. The van der Waals surface area contributed by atoms with E-state index >= 15 is 0 Å². The molecule has 1 amide bonds. The highest BCUT2D eigenvalue weighted by atomic mass is 16.6. The normalized spacial score (nSPS) is 18.5. The van der Waals surface area contributed by atoms with Crippen LogP contribution in [0.25, 0.3) is 0 Å². The van der Waals surface area contributed by atoms with Crippen LogP contribution in [0.5, 0.6) is 0 Å². The molecular formula is C11H21NO3. The van der Waals surface area contributed by atoms with Gasteiger partial charge in [-0.2, -0.15) is 0 Å². The number of aliphatic hydroxyl groups is 1. The van der Waals surface area contributed by atoms with Gasteiger partial charge in [0.2, 0.25) is 0 Å². The molecule has 1 N–H and O–H groups in total. The lowest BCUT2D eigenvalue weighted by Crippen LogP contribution is -2.39. The molecule has 4 heteroatoms. The molecule has 1 aliphatic rings. The predicted octanol–water partition coefficient (Wildman–Crippen LogP) is 1.62. The molecule has 0 radical (unpaired) electrons. The van der Waals surface area contributed by atoms with Crippen LogP contribution < -0.4 is 0 Å². The van der Waals surface area contributed by atoms with Gasteiger partial charge in [-0.3, -0.25) is 0 Å². The number of rotatable bonds is 3. The summed E-state index contributed by atoms with van der Waals surface area (Å²) in [4.78, 5) is 13.0. The van der Waals surface area contributed by atoms with Crippen LogP contribution >= 0.6 is 0 Å². The lowest BCUT2D eigenvalue weighted by molar-refractivity contribution is 0.0186. The number of nitrogens with zero attached hydrogens (tertiary/aromatic N) is 1. The van der Waals surface area contributed by atoms with Gasteiger partial charge in [-0.05, 0) is 39.5 Å². The Kier molecular flexibility index (Phi) is 3.60. The van der Waals surface area contributed by atoms with Crippen LogP contribution in [0, 0.1) is 5.92 Å². The molecule has 15 heavy (non-hydrogen) atoms. The number of carbonyl (C=O) groups excluding carboxylic acids is 1. The summed E-state index contributed by atoms with van der Waals surface area (Å²) in [6, 6.07) is 0. The van der Waals surface area contributed by atoms with Crippen molar-refractivity contribution in [3.8, 4) is 0 Å². The summed E-state index contributed by atoms with van der Waals surface area (Å²) >= 11 is 0. The predicted molar refractivity (Wildman–Crippen MR) is 57.6 cm³/mol. The van der Waals surface area contributed by atoms with E-state index in [1.807, 2.05) is 20.8 Å². The van der Waals surface area contributed by atoms with Gasteiger partial charge in [0, 0.05) is 13.6 Å². The molecule has 1 fully saturated rings. The van der Waals surface area contributed by atoms with Crippen molar-refractivity contribution in [3.05, 3.63) is 0 Å². The molecule has 1 saturated carbocycles. The van der Waals surface area contributed by atoms with Crippen LogP contribution in [0.4, 0.5) is 4.79 Å². The van der Waals surface area contributed by atoms with Gasteiger partial charge in [-0.25, -0.2) is 4.79 Å². The summed E-state index contributed by atoms with van der Waals surface area (Å²) < 4.78 is 5.18. The van der Waals surface area contributed by atoms with Crippen LogP contribution in [0.3, 0.4) is 0 Å². The Hall–Kier alpha value is -0.770. The Morgan fingerprint density at radius 1 is 1.53 bits per heavy atom. The van der Waals surface area contributed by atoms with E-state index in [2.05, 4.69) is 0 Å². The Balaban J connectivity index is 2.32. The van der Waals surface area contributed by atoms with E-state index in [1.165, 1.54) is 4.90 Å². The summed E-state index contributed by atoms with van der Waals surface area (Å²) in [5, 5.41) is 9.66. The van der Waals surface area contributed by atoms with E-state index in [0.29, 0.717) is 12.5 Å². The highest BCUT2D eigenvalue weighted by molar-refractivity contribution is 5.67. The number of likely N-dealkylation sites (N-methyl/N-ethyl adjacent to an activating group) is 1.